The average molecular weight is 340 g/mol. The van der Waals surface area contributed by atoms with E-state index < -0.39 is 0 Å². The molecule has 0 radical (unpaired) electrons. The molecule has 1 N–H and O–H groups in total. The molecule has 20 heavy (non-hydrogen) atoms. The Morgan fingerprint density at radius 1 is 1.40 bits per heavy atom. The standard InChI is InChI=1S/C15H19BrFN3/c1-10(2)20-15(13(16)9-19-20)14(18-3)8-11-5-4-6-12(17)7-11/h4-7,9-10,14,18H,8H2,1-3H3. The van der Waals surface area contributed by atoms with E-state index in [2.05, 4.69) is 40.2 Å². The van der Waals surface area contributed by atoms with Crippen molar-refractivity contribution in [2.45, 2.75) is 32.4 Å². The Hall–Kier alpha value is -1.20. The average Bonchev–Trinajstić information content (AvgIpc) is 2.78. The van der Waals surface area contributed by atoms with Gasteiger partial charge in [0, 0.05) is 6.04 Å². The van der Waals surface area contributed by atoms with Crippen molar-refractivity contribution < 1.29 is 4.39 Å². The van der Waals surface area contributed by atoms with Gasteiger partial charge in [-0.2, -0.15) is 5.10 Å². The van der Waals surface area contributed by atoms with Crippen LogP contribution in [0.1, 0.15) is 37.2 Å². The van der Waals surface area contributed by atoms with Gasteiger partial charge in [-0.25, -0.2) is 4.39 Å². The highest BCUT2D eigenvalue weighted by Crippen LogP contribution is 2.28. The van der Waals surface area contributed by atoms with E-state index in [-0.39, 0.29) is 17.9 Å². The number of benzene rings is 1. The molecule has 0 aliphatic carbocycles. The molecule has 1 unspecified atom stereocenters. The van der Waals surface area contributed by atoms with Crippen LogP contribution in [0.4, 0.5) is 4.39 Å². The summed E-state index contributed by atoms with van der Waals surface area (Å²) >= 11 is 3.56. The summed E-state index contributed by atoms with van der Waals surface area (Å²) in [6.45, 7) is 4.19. The molecule has 0 amide bonds. The fourth-order valence-corrected chi connectivity index (χ4v) is 2.87. The third kappa shape index (κ3) is 3.27. The van der Waals surface area contributed by atoms with Gasteiger partial charge in [0.15, 0.2) is 0 Å². The first kappa shape index (κ1) is 15.2. The van der Waals surface area contributed by atoms with Gasteiger partial charge in [-0.15, -0.1) is 0 Å². The number of hydrogen-bond acceptors (Lipinski definition) is 2. The molecule has 108 valence electrons. The van der Waals surface area contributed by atoms with Gasteiger partial charge < -0.3 is 5.32 Å². The second-order valence-corrected chi connectivity index (χ2v) is 5.95. The summed E-state index contributed by atoms with van der Waals surface area (Å²) in [5, 5.41) is 7.69. The summed E-state index contributed by atoms with van der Waals surface area (Å²) in [7, 11) is 1.91. The van der Waals surface area contributed by atoms with Gasteiger partial charge in [0.25, 0.3) is 0 Å². The van der Waals surface area contributed by atoms with E-state index in [1.165, 1.54) is 6.07 Å². The van der Waals surface area contributed by atoms with E-state index in [9.17, 15) is 4.39 Å². The summed E-state index contributed by atoms with van der Waals surface area (Å²) in [5.74, 6) is -0.200. The van der Waals surface area contributed by atoms with Crippen LogP contribution in [-0.4, -0.2) is 16.8 Å². The van der Waals surface area contributed by atoms with Crippen LogP contribution >= 0.6 is 15.9 Å². The maximum Gasteiger partial charge on any atom is 0.123 e. The number of aromatic nitrogens is 2. The third-order valence-electron chi connectivity index (χ3n) is 3.28. The van der Waals surface area contributed by atoms with Crippen molar-refractivity contribution in [3.8, 4) is 0 Å². The summed E-state index contributed by atoms with van der Waals surface area (Å²) in [6.07, 6.45) is 2.52. The van der Waals surface area contributed by atoms with Gasteiger partial charge in [-0.05, 0) is 60.9 Å². The van der Waals surface area contributed by atoms with Crippen molar-refractivity contribution in [1.82, 2.24) is 15.1 Å². The van der Waals surface area contributed by atoms with Crippen LogP contribution in [0.5, 0.6) is 0 Å². The first-order valence-electron chi connectivity index (χ1n) is 6.67. The van der Waals surface area contributed by atoms with Gasteiger partial charge in [-0.3, -0.25) is 4.68 Å². The molecule has 1 aromatic heterocycles. The molecule has 1 atom stereocenters. The van der Waals surface area contributed by atoms with Crippen molar-refractivity contribution in [2.75, 3.05) is 7.05 Å². The monoisotopic (exact) mass is 339 g/mol. The molecule has 0 fully saturated rings. The predicted molar refractivity (Wildman–Crippen MR) is 82.2 cm³/mol. The summed E-state index contributed by atoms with van der Waals surface area (Å²) < 4.78 is 16.3. The van der Waals surface area contributed by atoms with Crippen LogP contribution < -0.4 is 5.32 Å². The minimum atomic E-state index is -0.200. The fourth-order valence-electron chi connectivity index (χ4n) is 2.32. The van der Waals surface area contributed by atoms with Crippen LogP contribution in [0, 0.1) is 5.82 Å². The van der Waals surface area contributed by atoms with Gasteiger partial charge in [0.1, 0.15) is 5.82 Å². The molecule has 5 heteroatoms. The molecular weight excluding hydrogens is 321 g/mol. The van der Waals surface area contributed by atoms with Gasteiger partial charge >= 0.3 is 0 Å². The Labute approximate surface area is 127 Å². The number of nitrogens with zero attached hydrogens (tertiary/aromatic N) is 2. The Morgan fingerprint density at radius 2 is 2.15 bits per heavy atom. The molecule has 1 aromatic carbocycles. The molecule has 3 nitrogen and oxygen atoms in total. The molecule has 0 saturated carbocycles. The molecule has 2 rings (SSSR count). The zero-order valence-electron chi connectivity index (χ0n) is 11.9. The maximum atomic E-state index is 13.3. The molecule has 0 aliphatic heterocycles. The van der Waals surface area contributed by atoms with Crippen molar-refractivity contribution >= 4 is 15.9 Å². The SMILES string of the molecule is CNC(Cc1cccc(F)c1)c1c(Br)cnn1C(C)C. The van der Waals surface area contributed by atoms with Gasteiger partial charge in [0.05, 0.1) is 22.4 Å². The fraction of sp³-hybridized carbons (Fsp3) is 0.400. The van der Waals surface area contributed by atoms with E-state index >= 15 is 0 Å². The summed E-state index contributed by atoms with van der Waals surface area (Å²) in [5.41, 5.74) is 2.06. The zero-order valence-corrected chi connectivity index (χ0v) is 13.5. The zero-order chi connectivity index (χ0) is 14.7. The minimum Gasteiger partial charge on any atom is -0.311 e. The Bertz CT molecular complexity index is 580. The molecule has 1 heterocycles. The summed E-state index contributed by atoms with van der Waals surface area (Å²) in [6, 6.07) is 7.08. The summed E-state index contributed by atoms with van der Waals surface area (Å²) in [4.78, 5) is 0. The number of rotatable bonds is 5. The minimum absolute atomic E-state index is 0.0797. The van der Waals surface area contributed by atoms with E-state index in [1.54, 1.807) is 12.1 Å². The molecule has 0 aliphatic rings. The number of hydrogen-bond donors (Lipinski definition) is 1. The van der Waals surface area contributed by atoms with Crippen LogP contribution in [0.15, 0.2) is 34.9 Å². The topological polar surface area (TPSA) is 29.9 Å². The van der Waals surface area contributed by atoms with Crippen LogP contribution in [0.3, 0.4) is 0 Å². The highest BCUT2D eigenvalue weighted by atomic mass is 79.9. The lowest BCUT2D eigenvalue weighted by molar-refractivity contribution is 0.458. The van der Waals surface area contributed by atoms with Crippen LogP contribution in [0.2, 0.25) is 0 Å². The Balaban J connectivity index is 2.31. The van der Waals surface area contributed by atoms with E-state index in [4.69, 9.17) is 0 Å². The largest absolute Gasteiger partial charge is 0.311 e. The lowest BCUT2D eigenvalue weighted by Crippen LogP contribution is -2.23. The molecule has 0 bridgehead atoms. The first-order chi connectivity index (χ1) is 9.52. The second kappa shape index (κ2) is 6.50. The highest BCUT2D eigenvalue weighted by Gasteiger charge is 2.20. The van der Waals surface area contributed by atoms with Crippen molar-refractivity contribution in [2.24, 2.45) is 0 Å². The molecule has 0 saturated heterocycles. The van der Waals surface area contributed by atoms with Crippen molar-refractivity contribution in [3.05, 3.63) is 52.0 Å². The molecular formula is C15H19BrFN3. The van der Waals surface area contributed by atoms with Gasteiger partial charge in [-0.1, -0.05) is 12.1 Å². The normalized spacial score (nSPS) is 12.9. The van der Waals surface area contributed by atoms with E-state index in [0.29, 0.717) is 6.42 Å². The lowest BCUT2D eigenvalue weighted by atomic mass is 10.0. The number of halogens is 2. The lowest BCUT2D eigenvalue weighted by Gasteiger charge is -2.21. The smallest absolute Gasteiger partial charge is 0.123 e. The number of nitrogens with one attached hydrogen (secondary N) is 1. The molecule has 2 aromatic rings. The first-order valence-corrected chi connectivity index (χ1v) is 7.46. The van der Waals surface area contributed by atoms with E-state index in [0.717, 1.165) is 15.7 Å². The van der Waals surface area contributed by atoms with E-state index in [1.807, 2.05) is 24.0 Å². The number of likely N-dealkylation sites (N-methyl/N-ethyl adjacent to an activating group) is 1. The molecule has 0 spiro atoms. The van der Waals surface area contributed by atoms with Crippen LogP contribution in [0.25, 0.3) is 0 Å². The van der Waals surface area contributed by atoms with Gasteiger partial charge in [0.2, 0.25) is 0 Å². The van der Waals surface area contributed by atoms with Crippen molar-refractivity contribution in [1.29, 1.82) is 0 Å². The quantitative estimate of drug-likeness (QED) is 0.896. The Kier molecular flexibility index (Phi) is 4.94. The van der Waals surface area contributed by atoms with Crippen molar-refractivity contribution in [3.63, 3.8) is 0 Å². The van der Waals surface area contributed by atoms with Crippen LogP contribution in [-0.2, 0) is 6.42 Å². The highest BCUT2D eigenvalue weighted by molar-refractivity contribution is 9.10. The second-order valence-electron chi connectivity index (χ2n) is 5.09. The maximum absolute atomic E-state index is 13.3. The third-order valence-corrected chi connectivity index (χ3v) is 3.89. The predicted octanol–water partition coefficient (Wildman–Crippen LogP) is 3.87. The Morgan fingerprint density at radius 3 is 2.75 bits per heavy atom.